The molecule has 41 heavy (non-hydrogen) atoms. The van der Waals surface area contributed by atoms with Gasteiger partial charge in [0, 0.05) is 17.2 Å². The molecule has 0 spiro atoms. The summed E-state index contributed by atoms with van der Waals surface area (Å²) in [6, 6.07) is 42.4. The Balaban J connectivity index is 1.46. The lowest BCUT2D eigenvalue weighted by Gasteiger charge is -2.20. The summed E-state index contributed by atoms with van der Waals surface area (Å²) in [5.41, 5.74) is 12.7. The van der Waals surface area contributed by atoms with E-state index in [0.29, 0.717) is 12.5 Å². The van der Waals surface area contributed by atoms with E-state index in [1.165, 1.54) is 22.3 Å². The average Bonchev–Trinajstić information content (AvgIpc) is 3.45. The third kappa shape index (κ3) is 5.71. The summed E-state index contributed by atoms with van der Waals surface area (Å²) in [6.07, 6.45) is 2.05. The molecule has 1 aliphatic rings. The summed E-state index contributed by atoms with van der Waals surface area (Å²) in [7, 11) is 0. The van der Waals surface area contributed by atoms with Crippen molar-refractivity contribution in [3.05, 3.63) is 155 Å². The second-order valence-electron chi connectivity index (χ2n) is 10.6. The number of nitrogens with zero attached hydrogens (tertiary/aromatic N) is 1. The maximum absolute atomic E-state index is 6.21. The minimum absolute atomic E-state index is 0.0182. The predicted molar refractivity (Wildman–Crippen MR) is 172 cm³/mol. The molecule has 0 radical (unpaired) electrons. The number of para-hydroxylation sites is 1. The van der Waals surface area contributed by atoms with Gasteiger partial charge in [-0.05, 0) is 54.2 Å². The molecule has 1 N–H and O–H groups in total. The molecule has 0 aromatic heterocycles. The SMILES string of the molecule is Cc1cc(C)c(C2COC(C=C(Nc3c(-c4ccccc4)cccc3-c3ccccc3)c3ccccc3)=N2)c(C)c1. The number of benzene rings is 5. The van der Waals surface area contributed by atoms with Crippen molar-refractivity contribution < 1.29 is 4.74 Å². The Morgan fingerprint density at radius 3 is 1.80 bits per heavy atom. The number of aliphatic imine (C=N–C) groups is 1. The van der Waals surface area contributed by atoms with Crippen LogP contribution in [0, 0.1) is 20.8 Å². The van der Waals surface area contributed by atoms with E-state index in [1.807, 2.05) is 12.1 Å². The molecule has 0 saturated carbocycles. The Bertz CT molecular complexity index is 1640. The summed E-state index contributed by atoms with van der Waals surface area (Å²) < 4.78 is 6.21. The van der Waals surface area contributed by atoms with Crippen LogP contribution < -0.4 is 5.32 Å². The van der Waals surface area contributed by atoms with Crippen LogP contribution in [0.5, 0.6) is 0 Å². The molecule has 1 aliphatic heterocycles. The number of anilines is 1. The van der Waals surface area contributed by atoms with Crippen molar-refractivity contribution in [2.45, 2.75) is 26.8 Å². The number of nitrogens with one attached hydrogen (secondary N) is 1. The molecule has 0 aliphatic carbocycles. The van der Waals surface area contributed by atoms with Gasteiger partial charge in [-0.3, -0.25) is 0 Å². The molecule has 0 amide bonds. The number of rotatable bonds is 7. The molecule has 1 heterocycles. The van der Waals surface area contributed by atoms with Gasteiger partial charge in [0.25, 0.3) is 0 Å². The van der Waals surface area contributed by atoms with Crippen LogP contribution in [0.15, 0.2) is 132 Å². The highest BCUT2D eigenvalue weighted by Crippen LogP contribution is 2.39. The molecule has 3 heteroatoms. The molecular weight excluding hydrogens is 500 g/mol. The van der Waals surface area contributed by atoms with Gasteiger partial charge >= 0.3 is 0 Å². The summed E-state index contributed by atoms with van der Waals surface area (Å²) in [5, 5.41) is 3.84. The van der Waals surface area contributed by atoms with Crippen LogP contribution in [0.4, 0.5) is 5.69 Å². The lowest BCUT2D eigenvalue weighted by Crippen LogP contribution is -2.06. The van der Waals surface area contributed by atoms with E-state index in [0.717, 1.165) is 39.2 Å². The molecule has 0 fully saturated rings. The summed E-state index contributed by atoms with van der Waals surface area (Å²) >= 11 is 0. The molecule has 3 nitrogen and oxygen atoms in total. The third-order valence-electron chi connectivity index (χ3n) is 7.59. The van der Waals surface area contributed by atoms with E-state index in [1.54, 1.807) is 0 Å². The Hall–Kier alpha value is -4.89. The van der Waals surface area contributed by atoms with Gasteiger partial charge in [0.15, 0.2) is 0 Å². The van der Waals surface area contributed by atoms with Crippen molar-refractivity contribution in [3.63, 3.8) is 0 Å². The lowest BCUT2D eigenvalue weighted by molar-refractivity contribution is 0.320. The van der Waals surface area contributed by atoms with Gasteiger partial charge in [-0.25, -0.2) is 4.99 Å². The van der Waals surface area contributed by atoms with Crippen molar-refractivity contribution in [1.29, 1.82) is 0 Å². The fourth-order valence-electron chi connectivity index (χ4n) is 5.81. The van der Waals surface area contributed by atoms with Crippen LogP contribution in [0.1, 0.15) is 33.9 Å². The largest absolute Gasteiger partial charge is 0.475 e. The average molecular weight is 535 g/mol. The van der Waals surface area contributed by atoms with Crippen LogP contribution in [-0.2, 0) is 4.74 Å². The Labute approximate surface area is 242 Å². The first-order valence-electron chi connectivity index (χ1n) is 14.1. The van der Waals surface area contributed by atoms with E-state index >= 15 is 0 Å². The van der Waals surface area contributed by atoms with Gasteiger partial charge < -0.3 is 10.1 Å². The highest BCUT2D eigenvalue weighted by Gasteiger charge is 2.24. The molecule has 5 aromatic rings. The standard InChI is InChI=1S/C38H34N2O/c1-26-22-27(2)37(28(3)23-26)35-25-41-36(39-35)24-34(31-18-11-6-12-19-31)40-38-32(29-14-7-4-8-15-29)20-13-21-33(38)30-16-9-5-10-17-30/h4-24,35,40H,25H2,1-3H3. The predicted octanol–water partition coefficient (Wildman–Crippen LogP) is 9.57. The minimum Gasteiger partial charge on any atom is -0.475 e. The van der Waals surface area contributed by atoms with Crippen LogP contribution in [0.3, 0.4) is 0 Å². The van der Waals surface area contributed by atoms with Crippen molar-refractivity contribution in [1.82, 2.24) is 0 Å². The van der Waals surface area contributed by atoms with E-state index in [4.69, 9.17) is 9.73 Å². The number of hydrogen-bond donors (Lipinski definition) is 1. The fraction of sp³-hybridized carbons (Fsp3) is 0.132. The van der Waals surface area contributed by atoms with E-state index in [9.17, 15) is 0 Å². The molecular formula is C38H34N2O. The molecule has 202 valence electrons. The van der Waals surface area contributed by atoms with E-state index in [-0.39, 0.29) is 6.04 Å². The maximum atomic E-state index is 6.21. The summed E-state index contributed by atoms with van der Waals surface area (Å²) in [4.78, 5) is 5.06. The molecule has 1 atom stereocenters. The van der Waals surface area contributed by atoms with Crippen LogP contribution >= 0.6 is 0 Å². The van der Waals surface area contributed by atoms with Gasteiger partial charge in [-0.15, -0.1) is 0 Å². The maximum Gasteiger partial charge on any atom is 0.211 e. The van der Waals surface area contributed by atoms with Gasteiger partial charge in [0.2, 0.25) is 5.90 Å². The van der Waals surface area contributed by atoms with E-state index < -0.39 is 0 Å². The Kier molecular flexibility index (Phi) is 7.51. The number of ether oxygens (including phenoxy) is 1. The molecule has 1 unspecified atom stereocenters. The minimum atomic E-state index is -0.0182. The molecule has 0 bridgehead atoms. The van der Waals surface area contributed by atoms with Crippen LogP contribution in [-0.4, -0.2) is 12.5 Å². The van der Waals surface area contributed by atoms with Gasteiger partial charge in [0.1, 0.15) is 12.6 Å². The summed E-state index contributed by atoms with van der Waals surface area (Å²) in [6.45, 7) is 7.01. The highest BCUT2D eigenvalue weighted by atomic mass is 16.5. The monoisotopic (exact) mass is 534 g/mol. The van der Waals surface area contributed by atoms with Crippen molar-refractivity contribution in [2.24, 2.45) is 4.99 Å². The van der Waals surface area contributed by atoms with Gasteiger partial charge in [0.05, 0.1) is 11.4 Å². The Morgan fingerprint density at radius 1 is 0.707 bits per heavy atom. The molecule has 6 rings (SSSR count). The zero-order chi connectivity index (χ0) is 28.2. The first-order chi connectivity index (χ1) is 20.1. The zero-order valence-electron chi connectivity index (χ0n) is 23.8. The second-order valence-corrected chi connectivity index (χ2v) is 10.6. The first kappa shape index (κ1) is 26.3. The lowest BCUT2D eigenvalue weighted by atomic mass is 9.95. The normalized spacial score (nSPS) is 14.9. The second kappa shape index (κ2) is 11.7. The van der Waals surface area contributed by atoms with Crippen molar-refractivity contribution >= 4 is 17.3 Å². The zero-order valence-corrected chi connectivity index (χ0v) is 23.8. The number of hydrogen-bond acceptors (Lipinski definition) is 3. The van der Waals surface area contributed by atoms with E-state index in [2.05, 4.69) is 141 Å². The van der Waals surface area contributed by atoms with Crippen molar-refractivity contribution in [2.75, 3.05) is 11.9 Å². The molecule has 5 aromatic carbocycles. The highest BCUT2D eigenvalue weighted by molar-refractivity contribution is 6.02. The fourth-order valence-corrected chi connectivity index (χ4v) is 5.81. The van der Waals surface area contributed by atoms with Crippen molar-refractivity contribution in [3.8, 4) is 22.3 Å². The van der Waals surface area contributed by atoms with Crippen LogP contribution in [0.25, 0.3) is 28.0 Å². The molecule has 0 saturated heterocycles. The number of aryl methyl sites for hydroxylation is 3. The topological polar surface area (TPSA) is 33.6 Å². The van der Waals surface area contributed by atoms with Crippen LogP contribution in [0.2, 0.25) is 0 Å². The third-order valence-corrected chi connectivity index (χ3v) is 7.59. The Morgan fingerprint density at radius 2 is 1.24 bits per heavy atom. The quantitative estimate of drug-likeness (QED) is 0.226. The van der Waals surface area contributed by atoms with Gasteiger partial charge in [-0.2, -0.15) is 0 Å². The smallest absolute Gasteiger partial charge is 0.211 e. The van der Waals surface area contributed by atoms with Gasteiger partial charge in [-0.1, -0.05) is 127 Å². The summed E-state index contributed by atoms with van der Waals surface area (Å²) in [5.74, 6) is 0.638. The first-order valence-corrected chi connectivity index (χ1v) is 14.1.